The molecule has 0 aromatic heterocycles. The third-order valence-corrected chi connectivity index (χ3v) is 3.53. The topological polar surface area (TPSA) is 70.6 Å². The number of nitrogens with one attached hydrogen (secondary N) is 2. The lowest BCUT2D eigenvalue weighted by Gasteiger charge is -2.04. The number of hydrogen-bond acceptors (Lipinski definition) is 3. The van der Waals surface area contributed by atoms with Gasteiger partial charge in [0.25, 0.3) is 0 Å². The predicted octanol–water partition coefficient (Wildman–Crippen LogP) is 3.39. The van der Waals surface area contributed by atoms with E-state index in [0.717, 1.165) is 5.56 Å². The first kappa shape index (κ1) is 17.0. The molecule has 2 rings (SSSR count). The molecule has 2 aromatic rings. The Kier molecular flexibility index (Phi) is 5.73. The van der Waals surface area contributed by atoms with Crippen LogP contribution in [0.3, 0.4) is 0 Å². The summed E-state index contributed by atoms with van der Waals surface area (Å²) in [6.07, 6.45) is 1.28. The Morgan fingerprint density at radius 1 is 1.00 bits per heavy atom. The van der Waals surface area contributed by atoms with Crippen LogP contribution in [0.4, 0.5) is 5.69 Å². The molecule has 2 amide bonds. The average molecular weight is 350 g/mol. The molecule has 0 aliphatic heterocycles. The van der Waals surface area contributed by atoms with E-state index in [0.29, 0.717) is 21.3 Å². The normalized spacial score (nSPS) is 10.6. The van der Waals surface area contributed by atoms with Crippen molar-refractivity contribution in [2.24, 2.45) is 5.10 Å². The molecule has 23 heavy (non-hydrogen) atoms. The SMILES string of the molecule is Cc1ccc(NC(=O)C(=O)N/N=C/c2c(Cl)cccc2Cl)cc1. The summed E-state index contributed by atoms with van der Waals surface area (Å²) in [5.74, 6) is -1.72. The van der Waals surface area contributed by atoms with Gasteiger partial charge >= 0.3 is 11.8 Å². The van der Waals surface area contributed by atoms with Crippen LogP contribution in [0, 0.1) is 6.92 Å². The van der Waals surface area contributed by atoms with E-state index in [-0.39, 0.29) is 0 Å². The van der Waals surface area contributed by atoms with Crippen molar-refractivity contribution in [2.45, 2.75) is 6.92 Å². The number of aryl methyl sites for hydroxylation is 1. The third kappa shape index (κ3) is 4.81. The molecule has 0 aliphatic carbocycles. The summed E-state index contributed by atoms with van der Waals surface area (Å²) in [5, 5.41) is 6.93. The Labute approximate surface area is 143 Å². The monoisotopic (exact) mass is 349 g/mol. The van der Waals surface area contributed by atoms with E-state index >= 15 is 0 Å². The standard InChI is InChI=1S/C16H13Cl2N3O2/c1-10-5-7-11(8-6-10)20-15(22)16(23)21-19-9-12-13(17)3-2-4-14(12)18/h2-9H,1H3,(H,20,22)(H,21,23)/b19-9+. The number of carbonyl (C=O) groups is 2. The quantitative estimate of drug-likeness (QED) is 0.506. The first-order chi connectivity index (χ1) is 11.0. The summed E-state index contributed by atoms with van der Waals surface area (Å²) in [7, 11) is 0. The summed E-state index contributed by atoms with van der Waals surface area (Å²) in [4.78, 5) is 23.4. The van der Waals surface area contributed by atoms with Crippen molar-refractivity contribution in [3.8, 4) is 0 Å². The first-order valence-electron chi connectivity index (χ1n) is 6.62. The Balaban J connectivity index is 1.95. The number of hydrogen-bond donors (Lipinski definition) is 2. The van der Waals surface area contributed by atoms with Gasteiger partial charge in [-0.3, -0.25) is 9.59 Å². The maximum atomic E-state index is 11.7. The highest BCUT2D eigenvalue weighted by Crippen LogP contribution is 2.21. The maximum absolute atomic E-state index is 11.7. The van der Waals surface area contributed by atoms with Crippen LogP contribution in [-0.4, -0.2) is 18.0 Å². The largest absolute Gasteiger partial charge is 0.329 e. The molecule has 0 atom stereocenters. The smallest absolute Gasteiger partial charge is 0.318 e. The van der Waals surface area contributed by atoms with Crippen LogP contribution >= 0.6 is 23.2 Å². The fourth-order valence-corrected chi connectivity index (χ4v) is 2.16. The second kappa shape index (κ2) is 7.76. The van der Waals surface area contributed by atoms with E-state index in [2.05, 4.69) is 15.8 Å². The molecule has 0 unspecified atom stereocenters. The van der Waals surface area contributed by atoms with E-state index in [1.54, 1.807) is 30.3 Å². The van der Waals surface area contributed by atoms with Crippen LogP contribution in [0.1, 0.15) is 11.1 Å². The molecule has 0 saturated carbocycles. The van der Waals surface area contributed by atoms with Crippen LogP contribution in [0.15, 0.2) is 47.6 Å². The van der Waals surface area contributed by atoms with Gasteiger partial charge in [0, 0.05) is 11.3 Å². The number of hydrazone groups is 1. The molecule has 0 fully saturated rings. The van der Waals surface area contributed by atoms with Crippen molar-refractivity contribution in [2.75, 3.05) is 5.32 Å². The van der Waals surface area contributed by atoms with Crippen LogP contribution in [0.25, 0.3) is 0 Å². The molecule has 2 aromatic carbocycles. The van der Waals surface area contributed by atoms with Gasteiger partial charge in [-0.05, 0) is 31.2 Å². The lowest BCUT2D eigenvalue weighted by Crippen LogP contribution is -2.32. The second-order valence-corrected chi connectivity index (χ2v) is 5.47. The number of amides is 2. The van der Waals surface area contributed by atoms with Gasteiger partial charge in [0.2, 0.25) is 0 Å². The maximum Gasteiger partial charge on any atom is 0.329 e. The van der Waals surface area contributed by atoms with Crippen LogP contribution in [0.5, 0.6) is 0 Å². The summed E-state index contributed by atoms with van der Waals surface area (Å²) >= 11 is 11.9. The average Bonchev–Trinajstić information content (AvgIpc) is 2.52. The molecule has 0 aliphatic rings. The molecule has 7 heteroatoms. The molecular weight excluding hydrogens is 337 g/mol. The minimum atomic E-state index is -0.898. The second-order valence-electron chi connectivity index (χ2n) is 4.65. The number of anilines is 1. The van der Waals surface area contributed by atoms with E-state index < -0.39 is 11.8 Å². The van der Waals surface area contributed by atoms with E-state index in [4.69, 9.17) is 23.2 Å². The molecule has 2 N–H and O–H groups in total. The molecule has 5 nitrogen and oxygen atoms in total. The van der Waals surface area contributed by atoms with Gasteiger partial charge in [0.1, 0.15) is 0 Å². The van der Waals surface area contributed by atoms with Gasteiger partial charge in [-0.1, -0.05) is 47.0 Å². The van der Waals surface area contributed by atoms with E-state index in [9.17, 15) is 9.59 Å². The zero-order valence-electron chi connectivity index (χ0n) is 12.1. The molecule has 118 valence electrons. The summed E-state index contributed by atoms with van der Waals surface area (Å²) in [6.45, 7) is 1.92. The highest BCUT2D eigenvalue weighted by atomic mass is 35.5. The number of benzene rings is 2. The van der Waals surface area contributed by atoms with Crippen molar-refractivity contribution < 1.29 is 9.59 Å². The fourth-order valence-electron chi connectivity index (χ4n) is 1.67. The van der Waals surface area contributed by atoms with Crippen LogP contribution < -0.4 is 10.7 Å². The molecule has 0 saturated heterocycles. The minimum Gasteiger partial charge on any atom is -0.318 e. The lowest BCUT2D eigenvalue weighted by molar-refractivity contribution is -0.136. The van der Waals surface area contributed by atoms with Crippen molar-refractivity contribution >= 4 is 46.9 Å². The zero-order chi connectivity index (χ0) is 16.8. The Hall–Kier alpha value is -2.37. The van der Waals surface area contributed by atoms with Crippen molar-refractivity contribution in [3.05, 3.63) is 63.6 Å². The lowest BCUT2D eigenvalue weighted by atomic mass is 10.2. The molecule has 0 radical (unpaired) electrons. The van der Waals surface area contributed by atoms with Crippen LogP contribution in [0.2, 0.25) is 10.0 Å². The van der Waals surface area contributed by atoms with Crippen molar-refractivity contribution in [3.63, 3.8) is 0 Å². The number of nitrogens with zero attached hydrogens (tertiary/aromatic N) is 1. The van der Waals surface area contributed by atoms with Gasteiger partial charge in [-0.2, -0.15) is 5.10 Å². The minimum absolute atomic E-state index is 0.389. The van der Waals surface area contributed by atoms with Gasteiger partial charge in [0.15, 0.2) is 0 Å². The fraction of sp³-hybridized carbons (Fsp3) is 0.0625. The third-order valence-electron chi connectivity index (χ3n) is 2.88. The number of halogens is 2. The highest BCUT2D eigenvalue weighted by Gasteiger charge is 2.12. The Morgan fingerprint density at radius 3 is 2.22 bits per heavy atom. The van der Waals surface area contributed by atoms with Gasteiger partial charge < -0.3 is 5.32 Å². The molecule has 0 spiro atoms. The van der Waals surface area contributed by atoms with Crippen molar-refractivity contribution in [1.82, 2.24) is 5.43 Å². The summed E-state index contributed by atoms with van der Waals surface area (Å²) in [6, 6.07) is 12.0. The zero-order valence-corrected chi connectivity index (χ0v) is 13.7. The first-order valence-corrected chi connectivity index (χ1v) is 7.38. The number of carbonyl (C=O) groups excluding carboxylic acids is 2. The highest BCUT2D eigenvalue weighted by molar-refractivity contribution is 6.40. The molecule has 0 bridgehead atoms. The summed E-state index contributed by atoms with van der Waals surface area (Å²) < 4.78 is 0. The van der Waals surface area contributed by atoms with Crippen molar-refractivity contribution in [1.29, 1.82) is 0 Å². The molecular formula is C16H13Cl2N3O2. The Bertz CT molecular complexity index is 738. The van der Waals surface area contributed by atoms with E-state index in [1.165, 1.54) is 6.21 Å². The van der Waals surface area contributed by atoms with E-state index in [1.807, 2.05) is 19.1 Å². The van der Waals surface area contributed by atoms with Gasteiger partial charge in [0.05, 0.1) is 16.3 Å². The Morgan fingerprint density at radius 2 is 1.61 bits per heavy atom. The number of rotatable bonds is 3. The molecule has 0 heterocycles. The van der Waals surface area contributed by atoms with Gasteiger partial charge in [-0.15, -0.1) is 0 Å². The van der Waals surface area contributed by atoms with Gasteiger partial charge in [-0.25, -0.2) is 5.43 Å². The van der Waals surface area contributed by atoms with Crippen LogP contribution in [-0.2, 0) is 9.59 Å². The summed E-state index contributed by atoms with van der Waals surface area (Å²) in [5.41, 5.74) is 4.14. The predicted molar refractivity (Wildman–Crippen MR) is 92.0 cm³/mol.